The number of aryl methyl sites for hydroxylation is 1. The maximum atomic E-state index is 4.75. The summed E-state index contributed by atoms with van der Waals surface area (Å²) in [5.74, 6) is 0. The zero-order valence-electron chi connectivity index (χ0n) is 13.5. The second-order valence-electron chi connectivity index (χ2n) is 6.11. The van der Waals surface area contributed by atoms with Crippen molar-refractivity contribution in [3.8, 4) is 0 Å². The van der Waals surface area contributed by atoms with E-state index in [1.165, 1.54) is 29.8 Å². The minimum absolute atomic E-state index is 0.357. The van der Waals surface area contributed by atoms with Gasteiger partial charge in [0.05, 0.1) is 5.69 Å². The second-order valence-corrected chi connectivity index (χ2v) is 7.18. The number of nitrogens with one attached hydrogen (secondary N) is 1. The summed E-state index contributed by atoms with van der Waals surface area (Å²) in [6, 6.07) is 0. The quantitative estimate of drug-likeness (QED) is 0.837. The molecule has 0 atom stereocenters. The largest absolute Gasteiger partial charge is 0.349 e. The van der Waals surface area contributed by atoms with Crippen molar-refractivity contribution in [3.63, 3.8) is 0 Å². The minimum Gasteiger partial charge on any atom is -0.349 e. The summed E-state index contributed by atoms with van der Waals surface area (Å²) in [5.41, 5.74) is 1.53. The fourth-order valence-electron chi connectivity index (χ4n) is 2.82. The lowest BCUT2D eigenvalue weighted by Crippen LogP contribution is -2.56. The number of hydrogen-bond acceptors (Lipinski definition) is 5. The van der Waals surface area contributed by atoms with Crippen molar-refractivity contribution < 1.29 is 0 Å². The molecule has 0 aromatic carbocycles. The number of nitrogens with zero attached hydrogens (tertiary/aromatic N) is 3. The molecule has 114 valence electrons. The molecule has 5 heteroatoms. The van der Waals surface area contributed by atoms with Crippen LogP contribution in [0.5, 0.6) is 0 Å². The zero-order valence-corrected chi connectivity index (χ0v) is 14.3. The number of aromatic nitrogens is 1. The van der Waals surface area contributed by atoms with Gasteiger partial charge in [-0.05, 0) is 46.8 Å². The molecular weight excluding hydrogens is 268 g/mol. The summed E-state index contributed by atoms with van der Waals surface area (Å²) in [7, 11) is 6.59. The first-order valence-corrected chi connectivity index (χ1v) is 8.36. The molecule has 0 bridgehead atoms. The number of likely N-dealkylation sites (N-methyl/N-ethyl adjacent to an activating group) is 2. The van der Waals surface area contributed by atoms with Crippen LogP contribution in [-0.2, 0) is 6.54 Å². The van der Waals surface area contributed by atoms with E-state index in [9.17, 15) is 0 Å². The van der Waals surface area contributed by atoms with Crippen LogP contribution in [0.25, 0.3) is 0 Å². The van der Waals surface area contributed by atoms with Crippen LogP contribution in [0, 0.1) is 6.92 Å². The van der Waals surface area contributed by atoms with E-state index < -0.39 is 0 Å². The third-order valence-electron chi connectivity index (χ3n) is 4.51. The highest BCUT2D eigenvalue weighted by Gasteiger charge is 2.40. The molecule has 1 aromatic heterocycles. The molecule has 1 aliphatic rings. The van der Waals surface area contributed by atoms with Crippen molar-refractivity contribution in [2.24, 2.45) is 0 Å². The summed E-state index contributed by atoms with van der Waals surface area (Å²) in [4.78, 5) is 10.8. The van der Waals surface area contributed by atoms with E-state index in [1.54, 1.807) is 0 Å². The van der Waals surface area contributed by atoms with Crippen LogP contribution in [0.4, 0.5) is 5.13 Å². The fourth-order valence-corrected chi connectivity index (χ4v) is 3.81. The third-order valence-corrected chi connectivity index (χ3v) is 5.78. The highest BCUT2D eigenvalue weighted by molar-refractivity contribution is 7.15. The molecule has 4 nitrogen and oxygen atoms in total. The lowest BCUT2D eigenvalue weighted by Gasteiger charge is -2.49. The van der Waals surface area contributed by atoms with Gasteiger partial charge in [0, 0.05) is 30.6 Å². The van der Waals surface area contributed by atoms with E-state index >= 15 is 0 Å². The van der Waals surface area contributed by atoms with E-state index in [0.29, 0.717) is 5.54 Å². The van der Waals surface area contributed by atoms with Crippen LogP contribution < -0.4 is 10.2 Å². The molecule has 1 heterocycles. The Morgan fingerprint density at radius 2 is 2.00 bits per heavy atom. The first-order valence-electron chi connectivity index (χ1n) is 7.54. The summed E-state index contributed by atoms with van der Waals surface area (Å²) in [6.45, 7) is 7.28. The number of rotatable bonds is 7. The first kappa shape index (κ1) is 15.7. The predicted molar refractivity (Wildman–Crippen MR) is 87.8 cm³/mol. The van der Waals surface area contributed by atoms with Crippen molar-refractivity contribution in [1.82, 2.24) is 15.2 Å². The first-order chi connectivity index (χ1) is 9.48. The smallest absolute Gasteiger partial charge is 0.185 e. The van der Waals surface area contributed by atoms with Gasteiger partial charge in [-0.1, -0.05) is 6.92 Å². The van der Waals surface area contributed by atoms with E-state index in [4.69, 9.17) is 4.98 Å². The molecule has 0 radical (unpaired) electrons. The Morgan fingerprint density at radius 1 is 1.30 bits per heavy atom. The predicted octanol–water partition coefficient (Wildman–Crippen LogP) is 2.48. The zero-order chi connectivity index (χ0) is 14.8. The summed E-state index contributed by atoms with van der Waals surface area (Å²) < 4.78 is 0. The molecular formula is C15H28N4S. The fraction of sp³-hybridized carbons (Fsp3) is 0.800. The van der Waals surface area contributed by atoms with Crippen molar-refractivity contribution >= 4 is 16.5 Å². The maximum absolute atomic E-state index is 4.75. The minimum atomic E-state index is 0.357. The molecule has 0 amide bonds. The maximum Gasteiger partial charge on any atom is 0.185 e. The molecule has 0 saturated heterocycles. The van der Waals surface area contributed by atoms with Crippen molar-refractivity contribution in [2.75, 3.05) is 39.1 Å². The lowest BCUT2D eigenvalue weighted by atomic mass is 9.75. The van der Waals surface area contributed by atoms with Gasteiger partial charge in [0.15, 0.2) is 5.13 Å². The number of anilines is 1. The van der Waals surface area contributed by atoms with Crippen LogP contribution in [0.1, 0.15) is 36.8 Å². The highest BCUT2D eigenvalue weighted by Crippen LogP contribution is 2.38. The molecule has 2 rings (SSSR count). The van der Waals surface area contributed by atoms with Crippen molar-refractivity contribution in [1.29, 1.82) is 0 Å². The van der Waals surface area contributed by atoms with Crippen LogP contribution in [0.3, 0.4) is 0 Å². The van der Waals surface area contributed by atoms with E-state index in [0.717, 1.165) is 24.8 Å². The highest BCUT2D eigenvalue weighted by atomic mass is 32.1. The Bertz CT molecular complexity index is 437. The second kappa shape index (κ2) is 6.41. The molecule has 0 unspecified atom stereocenters. The van der Waals surface area contributed by atoms with E-state index in [1.807, 2.05) is 11.3 Å². The molecule has 1 fully saturated rings. The average molecular weight is 296 g/mol. The molecule has 1 N–H and O–H groups in total. The van der Waals surface area contributed by atoms with Gasteiger partial charge in [0.2, 0.25) is 0 Å². The van der Waals surface area contributed by atoms with E-state index in [-0.39, 0.29) is 0 Å². The summed E-state index contributed by atoms with van der Waals surface area (Å²) in [6.07, 6.45) is 3.96. The SMILES string of the molecule is CCNCc1sc(N(C)CC2(N(C)C)CCC2)nc1C. The van der Waals surface area contributed by atoms with Gasteiger partial charge in [0.25, 0.3) is 0 Å². The van der Waals surface area contributed by atoms with Crippen LogP contribution >= 0.6 is 11.3 Å². The Labute approximate surface area is 127 Å². The van der Waals surface area contributed by atoms with Gasteiger partial charge in [-0.3, -0.25) is 0 Å². The van der Waals surface area contributed by atoms with Gasteiger partial charge in [-0.2, -0.15) is 0 Å². The molecule has 20 heavy (non-hydrogen) atoms. The van der Waals surface area contributed by atoms with Gasteiger partial charge >= 0.3 is 0 Å². The third kappa shape index (κ3) is 3.15. The van der Waals surface area contributed by atoms with Gasteiger partial charge in [-0.15, -0.1) is 11.3 Å². The Balaban J connectivity index is 2.03. The van der Waals surface area contributed by atoms with E-state index in [2.05, 4.69) is 50.1 Å². The average Bonchev–Trinajstić information content (AvgIpc) is 2.72. The number of thiazole rings is 1. The van der Waals surface area contributed by atoms with Gasteiger partial charge < -0.3 is 15.1 Å². The Morgan fingerprint density at radius 3 is 2.50 bits per heavy atom. The van der Waals surface area contributed by atoms with Gasteiger partial charge in [0.1, 0.15) is 0 Å². The topological polar surface area (TPSA) is 31.4 Å². The molecule has 1 aromatic rings. The van der Waals surface area contributed by atoms with Crippen LogP contribution in [-0.4, -0.2) is 49.7 Å². The van der Waals surface area contributed by atoms with Crippen molar-refractivity contribution in [3.05, 3.63) is 10.6 Å². The monoisotopic (exact) mass is 296 g/mol. The molecule has 0 aliphatic heterocycles. The van der Waals surface area contributed by atoms with Crippen molar-refractivity contribution in [2.45, 2.75) is 45.2 Å². The molecule has 0 spiro atoms. The molecule has 1 saturated carbocycles. The standard InChI is InChI=1S/C15H28N4S/c1-6-16-10-13-12(2)17-14(20-13)19(5)11-15(18(3)4)8-7-9-15/h16H,6-11H2,1-5H3. The number of hydrogen-bond donors (Lipinski definition) is 1. The van der Waals surface area contributed by atoms with Gasteiger partial charge in [-0.25, -0.2) is 4.98 Å². The summed E-state index contributed by atoms with van der Waals surface area (Å²) in [5, 5.41) is 4.55. The Hall–Kier alpha value is -0.650. The van der Waals surface area contributed by atoms with Crippen LogP contribution in [0.2, 0.25) is 0 Å². The lowest BCUT2D eigenvalue weighted by molar-refractivity contribution is 0.0683. The normalized spacial score (nSPS) is 17.3. The summed E-state index contributed by atoms with van der Waals surface area (Å²) >= 11 is 1.83. The Kier molecular flexibility index (Phi) is 5.04. The van der Waals surface area contributed by atoms with Crippen LogP contribution in [0.15, 0.2) is 0 Å². The molecule has 1 aliphatic carbocycles.